The SMILES string of the molecule is C[S+]([O-])c1ccc(Oc2ccc(Nc3ccc(C(F)(F)F)cn3)cc2CN2CCCC2=O)cn1. The maximum atomic E-state index is 12.8. The number of ether oxygens (including phenoxy) is 1. The Bertz CT molecular complexity index is 1160. The summed E-state index contributed by atoms with van der Waals surface area (Å²) >= 11 is -1.21. The van der Waals surface area contributed by atoms with Gasteiger partial charge in [-0.15, -0.1) is 0 Å². The van der Waals surface area contributed by atoms with E-state index in [0.29, 0.717) is 47.3 Å². The minimum Gasteiger partial charge on any atom is -0.610 e. The molecule has 1 unspecified atom stereocenters. The zero-order chi connectivity index (χ0) is 24.3. The summed E-state index contributed by atoms with van der Waals surface area (Å²) in [6.07, 6.45) is 0.582. The Morgan fingerprint density at radius 2 is 1.97 bits per heavy atom. The van der Waals surface area contributed by atoms with Crippen LogP contribution in [0.4, 0.5) is 24.7 Å². The first-order valence-corrected chi connectivity index (χ1v) is 11.9. The molecule has 7 nitrogen and oxygen atoms in total. The van der Waals surface area contributed by atoms with Gasteiger partial charge < -0.3 is 19.5 Å². The molecule has 0 aliphatic carbocycles. The van der Waals surface area contributed by atoms with E-state index in [1.807, 2.05) is 0 Å². The van der Waals surface area contributed by atoms with Crippen molar-refractivity contribution in [2.45, 2.75) is 30.6 Å². The van der Waals surface area contributed by atoms with Gasteiger partial charge in [-0.05, 0) is 42.8 Å². The van der Waals surface area contributed by atoms with E-state index in [9.17, 15) is 22.5 Å². The number of benzene rings is 1. The quantitative estimate of drug-likeness (QED) is 0.474. The number of rotatable bonds is 7. The summed E-state index contributed by atoms with van der Waals surface area (Å²) in [5.74, 6) is 1.23. The number of aromatic nitrogens is 2. The van der Waals surface area contributed by atoms with Crippen LogP contribution >= 0.6 is 0 Å². The van der Waals surface area contributed by atoms with Gasteiger partial charge >= 0.3 is 6.18 Å². The molecule has 34 heavy (non-hydrogen) atoms. The number of anilines is 2. The highest BCUT2D eigenvalue weighted by Gasteiger charge is 2.30. The highest BCUT2D eigenvalue weighted by molar-refractivity contribution is 7.90. The lowest BCUT2D eigenvalue weighted by Crippen LogP contribution is -2.24. The van der Waals surface area contributed by atoms with E-state index in [-0.39, 0.29) is 11.7 Å². The standard InChI is InChI=1S/C23H21F3N4O3S/c1-34(32)21-9-6-18(13-28-21)33-19-7-5-17(11-15(19)14-30-10-2-3-22(30)31)29-20-8-4-16(12-27-20)23(24,25)26/h4-9,11-13H,2-3,10,14H2,1H3,(H,27,29). The van der Waals surface area contributed by atoms with E-state index in [1.54, 1.807) is 35.2 Å². The molecule has 1 aliphatic heterocycles. The Morgan fingerprint density at radius 3 is 2.56 bits per heavy atom. The maximum absolute atomic E-state index is 12.8. The van der Waals surface area contributed by atoms with Crippen molar-refractivity contribution in [2.75, 3.05) is 18.1 Å². The predicted molar refractivity (Wildman–Crippen MR) is 120 cm³/mol. The minimum absolute atomic E-state index is 0.0464. The number of amides is 1. The molecule has 4 rings (SSSR count). The average molecular weight is 491 g/mol. The third kappa shape index (κ3) is 5.78. The van der Waals surface area contributed by atoms with Crippen LogP contribution in [0.1, 0.15) is 24.0 Å². The molecule has 1 fully saturated rings. The summed E-state index contributed by atoms with van der Waals surface area (Å²) < 4.78 is 55.9. The van der Waals surface area contributed by atoms with Gasteiger partial charge in [-0.1, -0.05) is 0 Å². The third-order valence-electron chi connectivity index (χ3n) is 5.19. The van der Waals surface area contributed by atoms with Gasteiger partial charge in [-0.2, -0.15) is 13.2 Å². The highest BCUT2D eigenvalue weighted by atomic mass is 32.2. The summed E-state index contributed by atoms with van der Waals surface area (Å²) in [7, 11) is 0. The average Bonchev–Trinajstić information content (AvgIpc) is 3.20. The molecular weight excluding hydrogens is 469 g/mol. The van der Waals surface area contributed by atoms with Crippen molar-refractivity contribution in [3.63, 3.8) is 0 Å². The summed E-state index contributed by atoms with van der Waals surface area (Å²) in [5, 5.41) is 3.42. The number of halogens is 3. The Balaban J connectivity index is 1.57. The summed E-state index contributed by atoms with van der Waals surface area (Å²) in [5.41, 5.74) is 0.452. The smallest absolute Gasteiger partial charge is 0.417 e. The van der Waals surface area contributed by atoms with Crippen molar-refractivity contribution < 1.29 is 27.3 Å². The number of pyridine rings is 2. The number of alkyl halides is 3. The number of carbonyl (C=O) groups is 1. The van der Waals surface area contributed by atoms with E-state index < -0.39 is 22.9 Å². The van der Waals surface area contributed by atoms with E-state index in [2.05, 4.69) is 15.3 Å². The fraction of sp³-hybridized carbons (Fsp3) is 0.261. The van der Waals surface area contributed by atoms with E-state index in [0.717, 1.165) is 18.7 Å². The highest BCUT2D eigenvalue weighted by Crippen LogP contribution is 2.32. The molecule has 178 valence electrons. The Morgan fingerprint density at radius 1 is 1.15 bits per heavy atom. The van der Waals surface area contributed by atoms with Gasteiger partial charge in [-0.25, -0.2) is 9.97 Å². The first-order valence-electron chi connectivity index (χ1n) is 10.4. The number of nitrogens with one attached hydrogen (secondary N) is 1. The van der Waals surface area contributed by atoms with Gasteiger partial charge in [0.25, 0.3) is 0 Å². The molecule has 1 atom stereocenters. The molecule has 1 aromatic carbocycles. The Kier molecular flexibility index (Phi) is 6.94. The summed E-state index contributed by atoms with van der Waals surface area (Å²) in [4.78, 5) is 21.9. The van der Waals surface area contributed by atoms with Crippen LogP contribution in [0.3, 0.4) is 0 Å². The molecular formula is C23H21F3N4O3S. The van der Waals surface area contributed by atoms with Crippen LogP contribution in [0, 0.1) is 0 Å². The number of carbonyl (C=O) groups excluding carboxylic acids is 1. The van der Waals surface area contributed by atoms with E-state index in [1.165, 1.54) is 18.5 Å². The van der Waals surface area contributed by atoms with Crippen molar-refractivity contribution in [2.24, 2.45) is 0 Å². The normalized spacial score (nSPS) is 14.9. The fourth-order valence-electron chi connectivity index (χ4n) is 3.46. The summed E-state index contributed by atoms with van der Waals surface area (Å²) in [6.45, 7) is 0.948. The number of hydrogen-bond acceptors (Lipinski definition) is 6. The Hall–Kier alpha value is -3.31. The second-order valence-corrected chi connectivity index (χ2v) is 9.01. The van der Waals surface area contributed by atoms with Crippen LogP contribution in [-0.2, 0) is 28.7 Å². The van der Waals surface area contributed by atoms with Crippen LogP contribution in [0.25, 0.3) is 0 Å². The fourth-order valence-corrected chi connectivity index (χ4v) is 3.93. The van der Waals surface area contributed by atoms with Crippen molar-refractivity contribution >= 4 is 28.6 Å². The molecule has 1 N–H and O–H groups in total. The number of nitrogens with zero attached hydrogens (tertiary/aromatic N) is 3. The molecule has 11 heteroatoms. The topological polar surface area (TPSA) is 90.4 Å². The lowest BCUT2D eigenvalue weighted by molar-refractivity contribution is -0.137. The van der Waals surface area contributed by atoms with E-state index in [4.69, 9.17) is 4.74 Å². The molecule has 0 spiro atoms. The lowest BCUT2D eigenvalue weighted by atomic mass is 10.1. The molecule has 3 aromatic rings. The molecule has 1 saturated heterocycles. The van der Waals surface area contributed by atoms with Crippen LogP contribution < -0.4 is 10.1 Å². The van der Waals surface area contributed by atoms with Gasteiger partial charge in [0.05, 0.1) is 11.8 Å². The second-order valence-electron chi connectivity index (χ2n) is 7.68. The molecule has 1 amide bonds. The number of likely N-dealkylation sites (tertiary alicyclic amines) is 1. The monoisotopic (exact) mass is 490 g/mol. The number of hydrogen-bond donors (Lipinski definition) is 1. The van der Waals surface area contributed by atoms with Crippen LogP contribution in [-0.4, -0.2) is 38.1 Å². The molecule has 0 radical (unpaired) electrons. The molecule has 1 aliphatic rings. The largest absolute Gasteiger partial charge is 0.610 e. The van der Waals surface area contributed by atoms with Gasteiger partial charge in [0.15, 0.2) is 0 Å². The third-order valence-corrected chi connectivity index (χ3v) is 6.02. The van der Waals surface area contributed by atoms with Crippen molar-refractivity contribution in [3.05, 3.63) is 66.0 Å². The van der Waals surface area contributed by atoms with Crippen molar-refractivity contribution in [3.8, 4) is 11.5 Å². The van der Waals surface area contributed by atoms with Crippen LogP contribution in [0.5, 0.6) is 11.5 Å². The van der Waals surface area contributed by atoms with Crippen LogP contribution in [0.2, 0.25) is 0 Å². The zero-order valence-corrected chi connectivity index (χ0v) is 18.9. The van der Waals surface area contributed by atoms with Crippen molar-refractivity contribution in [1.82, 2.24) is 14.9 Å². The maximum Gasteiger partial charge on any atom is 0.417 e. The molecule has 2 aromatic heterocycles. The molecule has 0 bridgehead atoms. The van der Waals surface area contributed by atoms with Crippen molar-refractivity contribution in [1.29, 1.82) is 0 Å². The van der Waals surface area contributed by atoms with Gasteiger partial charge in [0.1, 0.15) is 23.6 Å². The van der Waals surface area contributed by atoms with Gasteiger partial charge in [-0.3, -0.25) is 4.79 Å². The first-order chi connectivity index (χ1) is 16.2. The van der Waals surface area contributed by atoms with Gasteiger partial charge in [0.2, 0.25) is 10.9 Å². The zero-order valence-electron chi connectivity index (χ0n) is 18.1. The van der Waals surface area contributed by atoms with E-state index >= 15 is 0 Å². The summed E-state index contributed by atoms with van der Waals surface area (Å²) in [6, 6.07) is 10.6. The second kappa shape index (κ2) is 9.90. The molecule has 0 saturated carbocycles. The minimum atomic E-state index is -4.46. The Labute approximate surface area is 197 Å². The van der Waals surface area contributed by atoms with Gasteiger partial charge in [0, 0.05) is 54.2 Å². The lowest BCUT2D eigenvalue weighted by Gasteiger charge is -2.19. The molecule has 3 heterocycles. The van der Waals surface area contributed by atoms with Crippen LogP contribution in [0.15, 0.2) is 59.9 Å². The predicted octanol–water partition coefficient (Wildman–Crippen LogP) is 4.89. The first kappa shape index (κ1) is 23.8.